The predicted octanol–water partition coefficient (Wildman–Crippen LogP) is 4.45. The first-order valence-corrected chi connectivity index (χ1v) is 10.5. The van der Waals surface area contributed by atoms with Crippen molar-refractivity contribution in [3.8, 4) is 11.3 Å². The van der Waals surface area contributed by atoms with Gasteiger partial charge in [0.05, 0.1) is 5.69 Å². The molecule has 1 aromatic carbocycles. The van der Waals surface area contributed by atoms with Crippen LogP contribution in [0.5, 0.6) is 0 Å². The van der Waals surface area contributed by atoms with Gasteiger partial charge in [0.15, 0.2) is 0 Å². The summed E-state index contributed by atoms with van der Waals surface area (Å²) < 4.78 is 0. The minimum Gasteiger partial charge on any atom is -0.356 e. The summed E-state index contributed by atoms with van der Waals surface area (Å²) in [7, 11) is 2.08. The van der Waals surface area contributed by atoms with Gasteiger partial charge in [-0.2, -0.15) is 4.98 Å². The molecule has 0 aliphatic carbocycles. The highest BCUT2D eigenvalue weighted by Gasteiger charge is 2.20. The lowest BCUT2D eigenvalue weighted by Gasteiger charge is -2.32. The number of hydrogen-bond donors (Lipinski definition) is 0. The monoisotopic (exact) mass is 387 g/mol. The number of aromatic nitrogens is 3. The minimum atomic E-state index is 0.701. The fraction of sp³-hybridized carbons (Fsp3) is 0.375. The van der Waals surface area contributed by atoms with Crippen LogP contribution in [0.15, 0.2) is 60.9 Å². The van der Waals surface area contributed by atoms with Gasteiger partial charge in [-0.05, 0) is 42.9 Å². The van der Waals surface area contributed by atoms with Gasteiger partial charge < -0.3 is 9.80 Å². The molecule has 4 rings (SSSR count). The first-order valence-electron chi connectivity index (χ1n) is 10.5. The van der Waals surface area contributed by atoms with Crippen LogP contribution in [0, 0.1) is 5.92 Å². The van der Waals surface area contributed by atoms with Gasteiger partial charge in [-0.1, -0.05) is 37.3 Å². The van der Waals surface area contributed by atoms with E-state index in [0.717, 1.165) is 49.1 Å². The average Bonchev–Trinajstić information content (AvgIpc) is 2.78. The van der Waals surface area contributed by atoms with Crippen molar-refractivity contribution in [3.63, 3.8) is 0 Å². The molecule has 0 saturated carbocycles. The van der Waals surface area contributed by atoms with E-state index in [1.807, 2.05) is 18.5 Å². The molecule has 1 aliphatic heterocycles. The molecule has 0 amide bonds. The van der Waals surface area contributed by atoms with Crippen molar-refractivity contribution in [1.29, 1.82) is 0 Å². The number of piperidine rings is 1. The Balaban J connectivity index is 1.62. The molecule has 1 aliphatic rings. The molecule has 150 valence electrons. The first-order chi connectivity index (χ1) is 14.2. The highest BCUT2D eigenvalue weighted by molar-refractivity contribution is 5.65. The second-order valence-corrected chi connectivity index (χ2v) is 8.00. The summed E-state index contributed by atoms with van der Waals surface area (Å²) in [4.78, 5) is 18.5. The number of pyridine rings is 1. The van der Waals surface area contributed by atoms with Crippen molar-refractivity contribution in [1.82, 2.24) is 15.0 Å². The maximum atomic E-state index is 4.96. The van der Waals surface area contributed by atoms with Crippen molar-refractivity contribution in [3.05, 3.63) is 66.5 Å². The van der Waals surface area contributed by atoms with Gasteiger partial charge in [-0.15, -0.1) is 0 Å². The van der Waals surface area contributed by atoms with Gasteiger partial charge in [0.2, 0.25) is 5.95 Å². The fourth-order valence-corrected chi connectivity index (χ4v) is 3.86. The number of nitrogens with zero attached hydrogens (tertiary/aromatic N) is 5. The van der Waals surface area contributed by atoms with Crippen LogP contribution in [-0.4, -0.2) is 41.6 Å². The van der Waals surface area contributed by atoms with Crippen LogP contribution in [0.1, 0.15) is 25.3 Å². The Kier molecular flexibility index (Phi) is 6.03. The van der Waals surface area contributed by atoms with Crippen LogP contribution < -0.4 is 9.80 Å². The molecule has 0 spiro atoms. The summed E-state index contributed by atoms with van der Waals surface area (Å²) in [5.41, 5.74) is 3.39. The largest absolute Gasteiger partial charge is 0.356 e. The molecule has 0 N–H and O–H groups in total. The Morgan fingerprint density at radius 1 is 1.07 bits per heavy atom. The molecule has 5 nitrogen and oxygen atoms in total. The molecule has 3 heterocycles. The molecule has 1 saturated heterocycles. The van der Waals surface area contributed by atoms with E-state index in [1.54, 1.807) is 0 Å². The Labute approximate surface area is 173 Å². The Morgan fingerprint density at radius 3 is 2.62 bits per heavy atom. The number of rotatable bonds is 6. The Bertz CT molecular complexity index is 913. The predicted molar refractivity (Wildman–Crippen MR) is 119 cm³/mol. The second-order valence-electron chi connectivity index (χ2n) is 8.00. The standard InChI is InChI=1S/C24H29N5/c1-19-7-6-15-29(18-19)23-17-22(21-8-4-3-5-9-21)26-24(27-23)28(2)16-12-20-10-13-25-14-11-20/h3-5,8-11,13-14,17,19H,6-7,12,15-16,18H2,1-2H3. The SMILES string of the molecule is CC1CCCN(c2cc(-c3ccccc3)nc(N(C)CCc3ccncc3)n2)C1. The van der Waals surface area contributed by atoms with Gasteiger partial charge in [0.1, 0.15) is 5.82 Å². The van der Waals surface area contributed by atoms with Gasteiger partial charge >= 0.3 is 0 Å². The third kappa shape index (κ3) is 4.91. The minimum absolute atomic E-state index is 0.701. The number of likely N-dealkylation sites (N-methyl/N-ethyl adjacent to an activating group) is 1. The summed E-state index contributed by atoms with van der Waals surface area (Å²) in [6.45, 7) is 5.31. The topological polar surface area (TPSA) is 45.2 Å². The highest BCUT2D eigenvalue weighted by Crippen LogP contribution is 2.27. The van der Waals surface area contributed by atoms with Gasteiger partial charge in [-0.3, -0.25) is 4.98 Å². The van der Waals surface area contributed by atoms with E-state index < -0.39 is 0 Å². The quantitative estimate of drug-likeness (QED) is 0.625. The molecule has 2 aromatic heterocycles. The molecular weight excluding hydrogens is 358 g/mol. The third-order valence-electron chi connectivity index (χ3n) is 5.58. The van der Waals surface area contributed by atoms with Crippen molar-refractivity contribution >= 4 is 11.8 Å². The molecule has 1 fully saturated rings. The van der Waals surface area contributed by atoms with E-state index in [1.165, 1.54) is 18.4 Å². The molecule has 3 aromatic rings. The zero-order valence-electron chi connectivity index (χ0n) is 17.3. The fourth-order valence-electron chi connectivity index (χ4n) is 3.86. The Hall–Kier alpha value is -2.95. The maximum Gasteiger partial charge on any atom is 0.227 e. The summed E-state index contributed by atoms with van der Waals surface area (Å²) in [5, 5.41) is 0. The lowest BCUT2D eigenvalue weighted by molar-refractivity contribution is 0.444. The highest BCUT2D eigenvalue weighted by atomic mass is 15.3. The molecule has 1 unspecified atom stereocenters. The maximum absolute atomic E-state index is 4.96. The molecule has 29 heavy (non-hydrogen) atoms. The van der Waals surface area contributed by atoms with E-state index in [2.05, 4.69) is 71.2 Å². The molecule has 5 heteroatoms. The van der Waals surface area contributed by atoms with Crippen LogP contribution in [0.3, 0.4) is 0 Å². The van der Waals surface area contributed by atoms with Crippen LogP contribution >= 0.6 is 0 Å². The number of anilines is 2. The zero-order valence-corrected chi connectivity index (χ0v) is 17.3. The van der Waals surface area contributed by atoms with Crippen LogP contribution in [0.2, 0.25) is 0 Å². The van der Waals surface area contributed by atoms with E-state index in [4.69, 9.17) is 9.97 Å². The van der Waals surface area contributed by atoms with Gasteiger partial charge in [-0.25, -0.2) is 4.98 Å². The van der Waals surface area contributed by atoms with Crippen LogP contribution in [-0.2, 0) is 6.42 Å². The summed E-state index contributed by atoms with van der Waals surface area (Å²) in [5.74, 6) is 2.52. The van der Waals surface area contributed by atoms with E-state index in [9.17, 15) is 0 Å². The average molecular weight is 388 g/mol. The van der Waals surface area contributed by atoms with Crippen molar-refractivity contribution in [2.45, 2.75) is 26.2 Å². The normalized spacial score (nSPS) is 16.6. The molecule has 1 atom stereocenters. The van der Waals surface area contributed by atoms with Crippen molar-refractivity contribution < 1.29 is 0 Å². The lowest BCUT2D eigenvalue weighted by atomic mass is 10.0. The summed E-state index contributed by atoms with van der Waals surface area (Å²) in [6, 6.07) is 16.7. The van der Waals surface area contributed by atoms with Crippen LogP contribution in [0.25, 0.3) is 11.3 Å². The van der Waals surface area contributed by atoms with Crippen molar-refractivity contribution in [2.24, 2.45) is 5.92 Å². The summed E-state index contributed by atoms with van der Waals surface area (Å²) >= 11 is 0. The van der Waals surface area contributed by atoms with E-state index >= 15 is 0 Å². The second kappa shape index (κ2) is 9.03. The van der Waals surface area contributed by atoms with Crippen molar-refractivity contribution in [2.75, 3.05) is 36.5 Å². The summed E-state index contributed by atoms with van der Waals surface area (Å²) in [6.07, 6.45) is 7.15. The lowest BCUT2D eigenvalue weighted by Crippen LogP contribution is -2.35. The van der Waals surface area contributed by atoms with Crippen LogP contribution in [0.4, 0.5) is 11.8 Å². The van der Waals surface area contributed by atoms with E-state index in [0.29, 0.717) is 5.92 Å². The zero-order chi connectivity index (χ0) is 20.1. The van der Waals surface area contributed by atoms with Gasteiger partial charge in [0.25, 0.3) is 0 Å². The molecule has 0 radical (unpaired) electrons. The van der Waals surface area contributed by atoms with Gasteiger partial charge in [0, 0.05) is 50.7 Å². The Morgan fingerprint density at radius 2 is 1.86 bits per heavy atom. The first kappa shape index (κ1) is 19.4. The molecular formula is C24H29N5. The third-order valence-corrected chi connectivity index (χ3v) is 5.58. The molecule has 0 bridgehead atoms. The number of hydrogen-bond acceptors (Lipinski definition) is 5. The number of benzene rings is 1. The van der Waals surface area contributed by atoms with E-state index in [-0.39, 0.29) is 0 Å². The smallest absolute Gasteiger partial charge is 0.227 e.